The number of piperazine rings is 1. The quantitative estimate of drug-likeness (QED) is 0.883. The van der Waals surface area contributed by atoms with Crippen LogP contribution in [-0.2, 0) is 10.2 Å². The van der Waals surface area contributed by atoms with Crippen molar-refractivity contribution in [2.45, 2.75) is 25.2 Å². The molecule has 0 bridgehead atoms. The first-order chi connectivity index (χ1) is 13.1. The number of anilines is 1. The third-order valence-electron chi connectivity index (χ3n) is 5.77. The summed E-state index contributed by atoms with van der Waals surface area (Å²) in [4.78, 5) is 15.6. The fourth-order valence-corrected chi connectivity index (χ4v) is 3.82. The summed E-state index contributed by atoms with van der Waals surface area (Å²) in [5.41, 5.74) is 2.10. The first-order valence-electron chi connectivity index (χ1n) is 9.59. The minimum absolute atomic E-state index is 0.0486. The second kappa shape index (κ2) is 7.14. The van der Waals surface area contributed by atoms with Crippen molar-refractivity contribution in [1.82, 2.24) is 4.90 Å². The highest BCUT2D eigenvalue weighted by Crippen LogP contribution is 2.51. The monoisotopic (exact) mass is 366 g/mol. The second-order valence-corrected chi connectivity index (χ2v) is 7.57. The normalized spacial score (nSPS) is 18.3. The van der Waals surface area contributed by atoms with Gasteiger partial charge in [-0.25, -0.2) is 0 Å². The first-order valence-corrected chi connectivity index (χ1v) is 9.59. The van der Waals surface area contributed by atoms with Crippen molar-refractivity contribution in [2.75, 3.05) is 37.7 Å². The summed E-state index contributed by atoms with van der Waals surface area (Å²) < 4.78 is 6.05. The molecule has 0 unspecified atom stereocenters. The van der Waals surface area contributed by atoms with Crippen molar-refractivity contribution < 1.29 is 14.6 Å². The lowest BCUT2D eigenvalue weighted by Crippen LogP contribution is -2.48. The highest BCUT2D eigenvalue weighted by molar-refractivity contribution is 5.73. The minimum Gasteiger partial charge on any atom is -0.508 e. The Bertz CT molecular complexity index is 807. The number of para-hydroxylation sites is 1. The molecule has 1 N–H and O–H groups in total. The molecule has 5 heteroatoms. The van der Waals surface area contributed by atoms with Gasteiger partial charge < -0.3 is 19.6 Å². The summed E-state index contributed by atoms with van der Waals surface area (Å²) in [6.45, 7) is 5.48. The van der Waals surface area contributed by atoms with Gasteiger partial charge in [-0.2, -0.15) is 0 Å². The molecule has 2 aliphatic rings. The Balaban J connectivity index is 1.35. The summed E-state index contributed by atoms with van der Waals surface area (Å²) >= 11 is 0. The lowest BCUT2D eigenvalue weighted by molar-refractivity contribution is -0.129. The van der Waals surface area contributed by atoms with Crippen LogP contribution in [0.5, 0.6) is 11.5 Å². The second-order valence-electron chi connectivity index (χ2n) is 7.57. The number of benzene rings is 2. The molecule has 2 aromatic rings. The third-order valence-corrected chi connectivity index (χ3v) is 5.77. The number of aromatic hydroxyl groups is 1. The van der Waals surface area contributed by atoms with Gasteiger partial charge >= 0.3 is 0 Å². The molecule has 0 aromatic heterocycles. The van der Waals surface area contributed by atoms with Crippen molar-refractivity contribution in [1.29, 1.82) is 0 Å². The van der Waals surface area contributed by atoms with Gasteiger partial charge in [-0.1, -0.05) is 18.2 Å². The molecule has 1 saturated carbocycles. The molecule has 2 aromatic carbocycles. The van der Waals surface area contributed by atoms with Gasteiger partial charge in [0.25, 0.3) is 0 Å². The molecule has 2 fully saturated rings. The maximum absolute atomic E-state index is 11.4. The van der Waals surface area contributed by atoms with Gasteiger partial charge in [0.1, 0.15) is 11.5 Å². The average molecular weight is 366 g/mol. The zero-order valence-electron chi connectivity index (χ0n) is 15.7. The van der Waals surface area contributed by atoms with E-state index in [-0.39, 0.29) is 11.3 Å². The van der Waals surface area contributed by atoms with Crippen molar-refractivity contribution in [3.05, 3.63) is 54.1 Å². The Morgan fingerprint density at radius 2 is 1.70 bits per heavy atom. The number of rotatable bonds is 5. The molecule has 1 saturated heterocycles. The Morgan fingerprint density at radius 1 is 1.04 bits per heavy atom. The van der Waals surface area contributed by atoms with Gasteiger partial charge in [-0.15, -0.1) is 0 Å². The Morgan fingerprint density at radius 3 is 2.30 bits per heavy atom. The lowest BCUT2D eigenvalue weighted by atomic mass is 9.96. The first kappa shape index (κ1) is 17.7. The van der Waals surface area contributed by atoms with E-state index in [0.29, 0.717) is 12.4 Å². The summed E-state index contributed by atoms with van der Waals surface area (Å²) in [5, 5.41) is 10.1. The highest BCUT2D eigenvalue weighted by Gasteiger charge is 2.46. The minimum atomic E-state index is -0.0486. The topological polar surface area (TPSA) is 53.0 Å². The zero-order chi connectivity index (χ0) is 18.9. The van der Waals surface area contributed by atoms with Gasteiger partial charge in [0.05, 0.1) is 6.61 Å². The lowest BCUT2D eigenvalue weighted by Gasteiger charge is -2.35. The number of carbonyl (C=O) groups excluding carboxylic acids is 1. The van der Waals surface area contributed by atoms with Crippen LogP contribution in [-0.4, -0.2) is 48.7 Å². The van der Waals surface area contributed by atoms with Crippen LogP contribution in [0.3, 0.4) is 0 Å². The SMILES string of the molecule is CC(=O)N1CCN(c2ccc(OCC3(c4ccccc4O)CC3)cc2)CC1. The van der Waals surface area contributed by atoms with Gasteiger partial charge in [0, 0.05) is 49.8 Å². The molecule has 27 heavy (non-hydrogen) atoms. The van der Waals surface area contributed by atoms with E-state index in [1.807, 2.05) is 35.2 Å². The van der Waals surface area contributed by atoms with Gasteiger partial charge in [-0.3, -0.25) is 4.79 Å². The van der Waals surface area contributed by atoms with E-state index >= 15 is 0 Å². The molecule has 1 amide bonds. The number of nitrogens with zero attached hydrogens (tertiary/aromatic N) is 2. The third kappa shape index (κ3) is 3.72. The van der Waals surface area contributed by atoms with E-state index < -0.39 is 0 Å². The van der Waals surface area contributed by atoms with Gasteiger partial charge in [-0.05, 0) is 43.2 Å². The van der Waals surface area contributed by atoms with Crippen LogP contribution >= 0.6 is 0 Å². The molecule has 142 valence electrons. The van der Waals surface area contributed by atoms with Crippen LogP contribution in [0.15, 0.2) is 48.5 Å². The van der Waals surface area contributed by atoms with Crippen LogP contribution < -0.4 is 9.64 Å². The van der Waals surface area contributed by atoms with Crippen molar-refractivity contribution >= 4 is 11.6 Å². The number of ether oxygens (including phenoxy) is 1. The summed E-state index contributed by atoms with van der Waals surface area (Å²) in [6.07, 6.45) is 2.09. The average Bonchev–Trinajstić information content (AvgIpc) is 3.48. The van der Waals surface area contributed by atoms with E-state index in [0.717, 1.165) is 56.0 Å². The molecular weight excluding hydrogens is 340 g/mol. The fourth-order valence-electron chi connectivity index (χ4n) is 3.82. The van der Waals surface area contributed by atoms with Crippen LogP contribution in [0, 0.1) is 0 Å². The van der Waals surface area contributed by atoms with Gasteiger partial charge in [0.2, 0.25) is 5.91 Å². The molecule has 0 radical (unpaired) electrons. The zero-order valence-corrected chi connectivity index (χ0v) is 15.7. The predicted octanol–water partition coefficient (Wildman–Crippen LogP) is 3.17. The fraction of sp³-hybridized carbons (Fsp3) is 0.409. The molecular formula is C22H26N2O3. The summed E-state index contributed by atoms with van der Waals surface area (Å²) in [6, 6.07) is 15.7. The number of hydrogen-bond acceptors (Lipinski definition) is 4. The molecule has 1 aliphatic heterocycles. The number of phenols is 1. The number of amides is 1. The Labute approximate surface area is 160 Å². The van der Waals surface area contributed by atoms with Gasteiger partial charge in [0.15, 0.2) is 0 Å². The largest absolute Gasteiger partial charge is 0.508 e. The summed E-state index contributed by atoms with van der Waals surface area (Å²) in [7, 11) is 0. The van der Waals surface area contributed by atoms with Crippen LogP contribution in [0.1, 0.15) is 25.3 Å². The van der Waals surface area contributed by atoms with Crippen molar-refractivity contribution in [2.24, 2.45) is 0 Å². The van der Waals surface area contributed by atoms with Crippen LogP contribution in [0.25, 0.3) is 0 Å². The smallest absolute Gasteiger partial charge is 0.219 e. The van der Waals surface area contributed by atoms with E-state index in [2.05, 4.69) is 17.0 Å². The number of hydrogen-bond donors (Lipinski definition) is 1. The number of phenolic OH excluding ortho intramolecular Hbond substituents is 1. The number of carbonyl (C=O) groups is 1. The maximum atomic E-state index is 11.4. The standard InChI is InChI=1S/C22H26N2O3/c1-17(25)23-12-14-24(15-13-23)18-6-8-19(9-7-18)27-16-22(10-11-22)20-4-2-3-5-21(20)26/h2-9,26H,10-16H2,1H3. The van der Waals surface area contributed by atoms with E-state index in [9.17, 15) is 9.90 Å². The van der Waals surface area contributed by atoms with E-state index in [1.54, 1.807) is 13.0 Å². The highest BCUT2D eigenvalue weighted by atomic mass is 16.5. The Kier molecular flexibility index (Phi) is 4.68. The molecule has 0 spiro atoms. The Hall–Kier alpha value is -2.69. The van der Waals surface area contributed by atoms with Crippen molar-refractivity contribution in [3.8, 4) is 11.5 Å². The molecule has 5 nitrogen and oxygen atoms in total. The van der Waals surface area contributed by atoms with Crippen LogP contribution in [0.4, 0.5) is 5.69 Å². The summed E-state index contributed by atoms with van der Waals surface area (Å²) in [5.74, 6) is 1.36. The molecule has 1 heterocycles. The van der Waals surface area contributed by atoms with Crippen molar-refractivity contribution in [3.63, 3.8) is 0 Å². The molecule has 4 rings (SSSR count). The molecule has 1 aliphatic carbocycles. The van der Waals surface area contributed by atoms with E-state index in [1.165, 1.54) is 0 Å². The predicted molar refractivity (Wildman–Crippen MR) is 105 cm³/mol. The van der Waals surface area contributed by atoms with Crippen LogP contribution in [0.2, 0.25) is 0 Å². The maximum Gasteiger partial charge on any atom is 0.219 e. The molecule has 0 atom stereocenters. The van der Waals surface area contributed by atoms with E-state index in [4.69, 9.17) is 4.74 Å².